The molecular formula is C18H36N2. The normalized spacial score (nSPS) is 33.5. The van der Waals surface area contributed by atoms with E-state index in [9.17, 15) is 0 Å². The van der Waals surface area contributed by atoms with E-state index in [1.54, 1.807) is 0 Å². The molecule has 0 spiro atoms. The number of piperidine rings is 1. The van der Waals surface area contributed by atoms with E-state index in [0.717, 1.165) is 23.8 Å². The molecule has 0 amide bonds. The van der Waals surface area contributed by atoms with Gasteiger partial charge in [0.2, 0.25) is 0 Å². The number of hydrogen-bond donors (Lipinski definition) is 1. The molecule has 0 aromatic heterocycles. The van der Waals surface area contributed by atoms with Crippen molar-refractivity contribution in [1.29, 1.82) is 0 Å². The van der Waals surface area contributed by atoms with Crippen molar-refractivity contribution in [1.82, 2.24) is 10.2 Å². The highest BCUT2D eigenvalue weighted by molar-refractivity contribution is 4.87. The van der Waals surface area contributed by atoms with Crippen LogP contribution in [0.15, 0.2) is 0 Å². The summed E-state index contributed by atoms with van der Waals surface area (Å²) < 4.78 is 0. The molecule has 1 heterocycles. The minimum atomic E-state index is 0.789. The Labute approximate surface area is 126 Å². The number of rotatable bonds is 6. The third kappa shape index (κ3) is 4.73. The van der Waals surface area contributed by atoms with Crippen LogP contribution in [0.5, 0.6) is 0 Å². The lowest BCUT2D eigenvalue weighted by Gasteiger charge is -2.41. The first kappa shape index (κ1) is 16.3. The first-order chi connectivity index (χ1) is 9.72. The summed E-state index contributed by atoms with van der Waals surface area (Å²) in [5, 5.41) is 3.84. The van der Waals surface area contributed by atoms with Gasteiger partial charge in [-0.15, -0.1) is 0 Å². The van der Waals surface area contributed by atoms with Crippen molar-refractivity contribution < 1.29 is 0 Å². The second-order valence-electron chi connectivity index (χ2n) is 7.39. The van der Waals surface area contributed by atoms with Crippen molar-refractivity contribution >= 4 is 0 Å². The highest BCUT2D eigenvalue weighted by Crippen LogP contribution is 2.32. The SMILES string of the molecule is CCCNC1CCC(CC)CC1CN1CCC(C)CC1. The molecule has 2 aliphatic rings. The van der Waals surface area contributed by atoms with Crippen molar-refractivity contribution in [2.45, 2.75) is 71.8 Å². The van der Waals surface area contributed by atoms with E-state index >= 15 is 0 Å². The molecule has 1 aliphatic heterocycles. The van der Waals surface area contributed by atoms with Gasteiger partial charge in [0.25, 0.3) is 0 Å². The van der Waals surface area contributed by atoms with E-state index in [0.29, 0.717) is 0 Å². The highest BCUT2D eigenvalue weighted by Gasteiger charge is 2.31. The summed E-state index contributed by atoms with van der Waals surface area (Å²) in [5.74, 6) is 2.84. The summed E-state index contributed by atoms with van der Waals surface area (Å²) in [6.45, 7) is 12.3. The molecule has 0 radical (unpaired) electrons. The third-order valence-corrected chi connectivity index (χ3v) is 5.69. The average Bonchev–Trinajstić information content (AvgIpc) is 2.48. The fourth-order valence-corrected chi connectivity index (χ4v) is 4.11. The average molecular weight is 280 g/mol. The predicted molar refractivity (Wildman–Crippen MR) is 88.0 cm³/mol. The van der Waals surface area contributed by atoms with Gasteiger partial charge in [0.1, 0.15) is 0 Å². The van der Waals surface area contributed by atoms with Crippen LogP contribution in [0, 0.1) is 17.8 Å². The van der Waals surface area contributed by atoms with Gasteiger partial charge in [-0.05, 0) is 75.9 Å². The van der Waals surface area contributed by atoms with Gasteiger partial charge in [0.05, 0.1) is 0 Å². The number of nitrogens with zero attached hydrogens (tertiary/aromatic N) is 1. The molecule has 0 aromatic carbocycles. The Kier molecular flexibility index (Phi) is 6.83. The standard InChI is InChI=1S/C18H36N2/c1-4-10-19-18-7-6-16(5-2)13-17(18)14-20-11-8-15(3)9-12-20/h15-19H,4-14H2,1-3H3. The van der Waals surface area contributed by atoms with Crippen LogP contribution < -0.4 is 5.32 Å². The van der Waals surface area contributed by atoms with Crippen LogP contribution in [-0.2, 0) is 0 Å². The third-order valence-electron chi connectivity index (χ3n) is 5.69. The molecule has 3 unspecified atom stereocenters. The van der Waals surface area contributed by atoms with Crippen molar-refractivity contribution in [3.05, 3.63) is 0 Å². The lowest BCUT2D eigenvalue weighted by molar-refractivity contribution is 0.113. The zero-order valence-electron chi connectivity index (χ0n) is 14.0. The molecule has 1 aliphatic carbocycles. The Morgan fingerprint density at radius 3 is 2.45 bits per heavy atom. The topological polar surface area (TPSA) is 15.3 Å². The van der Waals surface area contributed by atoms with E-state index < -0.39 is 0 Å². The Morgan fingerprint density at radius 1 is 1.05 bits per heavy atom. The smallest absolute Gasteiger partial charge is 0.0108 e. The quantitative estimate of drug-likeness (QED) is 0.793. The van der Waals surface area contributed by atoms with E-state index in [-0.39, 0.29) is 0 Å². The molecular weight excluding hydrogens is 244 g/mol. The Hall–Kier alpha value is -0.0800. The molecule has 118 valence electrons. The maximum absolute atomic E-state index is 3.84. The van der Waals surface area contributed by atoms with Crippen LogP contribution in [0.2, 0.25) is 0 Å². The van der Waals surface area contributed by atoms with Crippen molar-refractivity contribution in [3.8, 4) is 0 Å². The zero-order valence-corrected chi connectivity index (χ0v) is 14.0. The summed E-state index contributed by atoms with van der Waals surface area (Å²) in [6, 6.07) is 0.789. The van der Waals surface area contributed by atoms with Gasteiger partial charge in [-0.2, -0.15) is 0 Å². The summed E-state index contributed by atoms with van der Waals surface area (Å²) in [4.78, 5) is 2.75. The van der Waals surface area contributed by atoms with Gasteiger partial charge in [0, 0.05) is 12.6 Å². The molecule has 0 aromatic rings. The van der Waals surface area contributed by atoms with Crippen LogP contribution >= 0.6 is 0 Å². The van der Waals surface area contributed by atoms with Crippen LogP contribution in [0.1, 0.15) is 65.7 Å². The van der Waals surface area contributed by atoms with Gasteiger partial charge in [-0.25, -0.2) is 0 Å². The number of likely N-dealkylation sites (tertiary alicyclic amines) is 1. The Bertz CT molecular complexity index is 258. The van der Waals surface area contributed by atoms with Gasteiger partial charge in [-0.1, -0.05) is 27.2 Å². The molecule has 1 saturated carbocycles. The summed E-state index contributed by atoms with van der Waals surface area (Å²) in [5.41, 5.74) is 0. The lowest BCUT2D eigenvalue weighted by Crippen LogP contribution is -2.47. The summed E-state index contributed by atoms with van der Waals surface area (Å²) in [6.07, 6.45) is 9.80. The molecule has 20 heavy (non-hydrogen) atoms. The predicted octanol–water partition coefficient (Wildman–Crippen LogP) is 3.91. The van der Waals surface area contributed by atoms with E-state index in [1.807, 2.05) is 0 Å². The first-order valence-corrected chi connectivity index (χ1v) is 9.18. The second kappa shape index (κ2) is 8.38. The minimum Gasteiger partial charge on any atom is -0.314 e. The van der Waals surface area contributed by atoms with E-state index in [4.69, 9.17) is 0 Å². The Morgan fingerprint density at radius 2 is 1.80 bits per heavy atom. The van der Waals surface area contributed by atoms with E-state index in [1.165, 1.54) is 71.1 Å². The van der Waals surface area contributed by atoms with Crippen LogP contribution in [0.4, 0.5) is 0 Å². The maximum atomic E-state index is 3.84. The van der Waals surface area contributed by atoms with Gasteiger partial charge in [0.15, 0.2) is 0 Å². The monoisotopic (exact) mass is 280 g/mol. The van der Waals surface area contributed by atoms with Gasteiger partial charge < -0.3 is 10.2 Å². The molecule has 1 N–H and O–H groups in total. The van der Waals surface area contributed by atoms with E-state index in [2.05, 4.69) is 31.0 Å². The van der Waals surface area contributed by atoms with Gasteiger partial charge in [-0.3, -0.25) is 0 Å². The lowest BCUT2D eigenvalue weighted by atomic mass is 9.76. The molecule has 2 nitrogen and oxygen atoms in total. The van der Waals surface area contributed by atoms with Crippen LogP contribution in [0.3, 0.4) is 0 Å². The number of nitrogens with one attached hydrogen (secondary N) is 1. The summed E-state index contributed by atoms with van der Waals surface area (Å²) >= 11 is 0. The molecule has 2 rings (SSSR count). The highest BCUT2D eigenvalue weighted by atomic mass is 15.1. The van der Waals surface area contributed by atoms with Crippen LogP contribution in [0.25, 0.3) is 0 Å². The van der Waals surface area contributed by atoms with Crippen molar-refractivity contribution in [2.75, 3.05) is 26.2 Å². The van der Waals surface area contributed by atoms with Gasteiger partial charge >= 0.3 is 0 Å². The van der Waals surface area contributed by atoms with Crippen molar-refractivity contribution in [2.24, 2.45) is 17.8 Å². The minimum absolute atomic E-state index is 0.789. The Balaban J connectivity index is 1.85. The fraction of sp³-hybridized carbons (Fsp3) is 1.00. The first-order valence-electron chi connectivity index (χ1n) is 9.18. The summed E-state index contributed by atoms with van der Waals surface area (Å²) in [7, 11) is 0. The molecule has 1 saturated heterocycles. The van der Waals surface area contributed by atoms with Crippen LogP contribution in [-0.4, -0.2) is 37.1 Å². The molecule has 2 fully saturated rings. The maximum Gasteiger partial charge on any atom is 0.0108 e. The van der Waals surface area contributed by atoms with Crippen molar-refractivity contribution in [3.63, 3.8) is 0 Å². The number of hydrogen-bond acceptors (Lipinski definition) is 2. The second-order valence-corrected chi connectivity index (χ2v) is 7.39. The molecule has 0 bridgehead atoms. The molecule has 3 atom stereocenters. The fourth-order valence-electron chi connectivity index (χ4n) is 4.11. The molecule has 2 heteroatoms. The largest absolute Gasteiger partial charge is 0.314 e. The zero-order chi connectivity index (χ0) is 14.4.